The lowest BCUT2D eigenvalue weighted by molar-refractivity contribution is 0.0784. The van der Waals surface area contributed by atoms with Crippen LogP contribution in [0.2, 0.25) is 5.02 Å². The van der Waals surface area contributed by atoms with Crippen LogP contribution < -0.4 is 9.47 Å². The van der Waals surface area contributed by atoms with Crippen molar-refractivity contribution in [2.45, 2.75) is 26.3 Å². The van der Waals surface area contributed by atoms with E-state index in [1.54, 1.807) is 24.1 Å². The third-order valence-electron chi connectivity index (χ3n) is 4.09. The molecule has 0 saturated heterocycles. The summed E-state index contributed by atoms with van der Waals surface area (Å²) in [6, 6.07) is 11.6. The molecule has 0 spiro atoms. The van der Waals surface area contributed by atoms with Crippen LogP contribution in [0.1, 0.15) is 41.3 Å². The highest BCUT2D eigenvalue weighted by molar-refractivity contribution is 6.32. The second kappa shape index (κ2) is 8.26. The molecule has 0 aliphatic carbocycles. The Morgan fingerprint density at radius 2 is 1.76 bits per heavy atom. The zero-order valence-corrected chi connectivity index (χ0v) is 16.1. The first-order chi connectivity index (χ1) is 11.9. The molecule has 0 fully saturated rings. The number of hydrogen-bond donors (Lipinski definition) is 0. The fourth-order valence-corrected chi connectivity index (χ4v) is 2.90. The minimum Gasteiger partial charge on any atom is -0.493 e. The van der Waals surface area contributed by atoms with E-state index in [1.807, 2.05) is 0 Å². The maximum absolute atomic E-state index is 12.7. The zero-order chi connectivity index (χ0) is 18.6. The highest BCUT2D eigenvalue weighted by Gasteiger charge is 2.18. The molecule has 2 aromatic rings. The highest BCUT2D eigenvalue weighted by Crippen LogP contribution is 2.36. The molecule has 0 aliphatic rings. The smallest absolute Gasteiger partial charge is 0.254 e. The first-order valence-corrected chi connectivity index (χ1v) is 8.51. The Bertz CT molecular complexity index is 741. The van der Waals surface area contributed by atoms with Crippen molar-refractivity contribution in [3.63, 3.8) is 0 Å². The summed E-state index contributed by atoms with van der Waals surface area (Å²) in [4.78, 5) is 14.4. The molecule has 0 aliphatic heterocycles. The van der Waals surface area contributed by atoms with Crippen LogP contribution in [-0.2, 0) is 6.54 Å². The molecular formula is C20H24ClNO3. The number of benzene rings is 2. The van der Waals surface area contributed by atoms with Gasteiger partial charge in [0.2, 0.25) is 0 Å². The van der Waals surface area contributed by atoms with Crippen molar-refractivity contribution in [2.75, 3.05) is 21.3 Å². The summed E-state index contributed by atoms with van der Waals surface area (Å²) in [6.45, 7) is 4.83. The largest absolute Gasteiger partial charge is 0.493 e. The van der Waals surface area contributed by atoms with Crippen LogP contribution in [0.4, 0.5) is 0 Å². The molecule has 0 atom stereocenters. The maximum atomic E-state index is 12.7. The van der Waals surface area contributed by atoms with Gasteiger partial charge in [-0.3, -0.25) is 4.79 Å². The number of halogens is 1. The summed E-state index contributed by atoms with van der Waals surface area (Å²) in [7, 11) is 4.80. The van der Waals surface area contributed by atoms with Gasteiger partial charge >= 0.3 is 0 Å². The standard InChI is InChI=1S/C20H24ClNO3/c1-13(2)15-8-6-14(7-9-15)12-22(3)20(23)16-10-17(21)19(25-5)18(11-16)24-4/h6-11,13H,12H2,1-5H3. The van der Waals surface area contributed by atoms with E-state index in [-0.39, 0.29) is 5.91 Å². The van der Waals surface area contributed by atoms with Gasteiger partial charge in [0.05, 0.1) is 19.2 Å². The summed E-state index contributed by atoms with van der Waals surface area (Å²) < 4.78 is 10.5. The number of carbonyl (C=O) groups is 1. The van der Waals surface area contributed by atoms with Crippen molar-refractivity contribution in [3.05, 3.63) is 58.1 Å². The number of amides is 1. The van der Waals surface area contributed by atoms with Gasteiger partial charge in [-0.25, -0.2) is 0 Å². The second-order valence-corrected chi connectivity index (χ2v) is 6.66. The van der Waals surface area contributed by atoms with E-state index in [2.05, 4.69) is 38.1 Å². The molecule has 5 heteroatoms. The molecule has 4 nitrogen and oxygen atoms in total. The Hall–Kier alpha value is -2.20. The van der Waals surface area contributed by atoms with Crippen LogP contribution in [0, 0.1) is 0 Å². The van der Waals surface area contributed by atoms with Gasteiger partial charge in [0.1, 0.15) is 0 Å². The molecular weight excluding hydrogens is 338 g/mol. The molecule has 1 amide bonds. The number of methoxy groups -OCH3 is 2. The lowest BCUT2D eigenvalue weighted by Crippen LogP contribution is -2.26. The van der Waals surface area contributed by atoms with Crippen LogP contribution in [0.15, 0.2) is 36.4 Å². The van der Waals surface area contributed by atoms with Gasteiger partial charge in [-0.2, -0.15) is 0 Å². The monoisotopic (exact) mass is 361 g/mol. The fourth-order valence-electron chi connectivity index (χ4n) is 2.62. The average molecular weight is 362 g/mol. The molecule has 0 heterocycles. The number of hydrogen-bond acceptors (Lipinski definition) is 3. The first kappa shape index (κ1) is 19.1. The van der Waals surface area contributed by atoms with E-state index in [0.29, 0.717) is 34.5 Å². The topological polar surface area (TPSA) is 38.8 Å². The van der Waals surface area contributed by atoms with Crippen LogP contribution >= 0.6 is 11.6 Å². The first-order valence-electron chi connectivity index (χ1n) is 8.13. The molecule has 2 aromatic carbocycles. The summed E-state index contributed by atoms with van der Waals surface area (Å²) in [5.41, 5.74) is 2.82. The Morgan fingerprint density at radius 3 is 2.28 bits per heavy atom. The molecule has 134 valence electrons. The molecule has 0 unspecified atom stereocenters. The molecule has 25 heavy (non-hydrogen) atoms. The quantitative estimate of drug-likeness (QED) is 0.745. The summed E-state index contributed by atoms with van der Waals surface area (Å²) in [5, 5.41) is 0.347. The van der Waals surface area contributed by atoms with Crippen LogP contribution in [0.3, 0.4) is 0 Å². The predicted octanol–water partition coefficient (Wildman–Crippen LogP) is 4.75. The minimum absolute atomic E-state index is 0.129. The van der Waals surface area contributed by atoms with Crippen LogP contribution in [0.5, 0.6) is 11.5 Å². The van der Waals surface area contributed by atoms with Crippen LogP contribution in [0.25, 0.3) is 0 Å². The third-order valence-corrected chi connectivity index (χ3v) is 4.37. The van der Waals surface area contributed by atoms with Gasteiger partial charge in [-0.1, -0.05) is 49.7 Å². The molecule has 0 aromatic heterocycles. The van der Waals surface area contributed by atoms with Gasteiger partial charge in [-0.15, -0.1) is 0 Å². The van der Waals surface area contributed by atoms with Crippen molar-refractivity contribution in [3.8, 4) is 11.5 Å². The van der Waals surface area contributed by atoms with E-state index in [4.69, 9.17) is 21.1 Å². The zero-order valence-electron chi connectivity index (χ0n) is 15.3. The molecule has 0 bridgehead atoms. The predicted molar refractivity (Wildman–Crippen MR) is 101 cm³/mol. The van der Waals surface area contributed by atoms with Gasteiger partial charge < -0.3 is 14.4 Å². The number of nitrogens with zero attached hydrogens (tertiary/aromatic N) is 1. The Labute approximate surface area is 154 Å². The Morgan fingerprint density at radius 1 is 1.12 bits per heavy atom. The maximum Gasteiger partial charge on any atom is 0.254 e. The van der Waals surface area contributed by atoms with Crippen molar-refractivity contribution in [1.82, 2.24) is 4.90 Å². The fraction of sp³-hybridized carbons (Fsp3) is 0.350. The van der Waals surface area contributed by atoms with Crippen molar-refractivity contribution >= 4 is 17.5 Å². The van der Waals surface area contributed by atoms with Gasteiger partial charge in [-0.05, 0) is 29.2 Å². The van der Waals surface area contributed by atoms with E-state index < -0.39 is 0 Å². The number of rotatable bonds is 6. The van der Waals surface area contributed by atoms with E-state index >= 15 is 0 Å². The van der Waals surface area contributed by atoms with Crippen molar-refractivity contribution < 1.29 is 14.3 Å². The lowest BCUT2D eigenvalue weighted by atomic mass is 10.0. The van der Waals surface area contributed by atoms with Crippen LogP contribution in [-0.4, -0.2) is 32.1 Å². The molecule has 2 rings (SSSR count). The third kappa shape index (κ3) is 4.45. The molecule has 0 saturated carbocycles. The normalized spacial score (nSPS) is 10.7. The van der Waals surface area contributed by atoms with Gasteiger partial charge in [0, 0.05) is 19.2 Å². The second-order valence-electron chi connectivity index (χ2n) is 6.25. The molecule has 0 radical (unpaired) electrons. The highest BCUT2D eigenvalue weighted by atomic mass is 35.5. The summed E-state index contributed by atoms with van der Waals surface area (Å²) in [6.07, 6.45) is 0. The SMILES string of the molecule is COc1cc(C(=O)N(C)Cc2ccc(C(C)C)cc2)cc(Cl)c1OC. The van der Waals surface area contributed by atoms with Crippen molar-refractivity contribution in [2.24, 2.45) is 0 Å². The number of ether oxygens (including phenoxy) is 2. The van der Waals surface area contributed by atoms with E-state index in [1.165, 1.54) is 19.8 Å². The van der Waals surface area contributed by atoms with E-state index in [0.717, 1.165) is 5.56 Å². The minimum atomic E-state index is -0.129. The Balaban J connectivity index is 2.18. The number of carbonyl (C=O) groups excluding carboxylic acids is 1. The van der Waals surface area contributed by atoms with Gasteiger partial charge in [0.25, 0.3) is 5.91 Å². The summed E-state index contributed by atoms with van der Waals surface area (Å²) >= 11 is 6.19. The Kier molecular flexibility index (Phi) is 6.32. The van der Waals surface area contributed by atoms with E-state index in [9.17, 15) is 4.79 Å². The summed E-state index contributed by atoms with van der Waals surface area (Å²) in [5.74, 6) is 1.22. The average Bonchev–Trinajstić information content (AvgIpc) is 2.60. The van der Waals surface area contributed by atoms with Crippen molar-refractivity contribution in [1.29, 1.82) is 0 Å². The van der Waals surface area contributed by atoms with Gasteiger partial charge in [0.15, 0.2) is 11.5 Å². The molecule has 0 N–H and O–H groups in total. The lowest BCUT2D eigenvalue weighted by Gasteiger charge is -2.19.